The normalized spacial score (nSPS) is 13.9. The van der Waals surface area contributed by atoms with Crippen LogP contribution in [0.15, 0.2) is 24.3 Å². The minimum absolute atomic E-state index is 0.0365. The van der Waals surface area contributed by atoms with Crippen LogP contribution in [-0.2, 0) is 11.2 Å². The van der Waals surface area contributed by atoms with Gasteiger partial charge in [0.2, 0.25) is 5.91 Å². The molecular formula is C16H26N2O2. The zero-order valence-corrected chi connectivity index (χ0v) is 12.9. The Morgan fingerprint density at radius 3 is 2.70 bits per heavy atom. The van der Waals surface area contributed by atoms with Gasteiger partial charge < -0.3 is 15.8 Å². The fourth-order valence-electron chi connectivity index (χ4n) is 1.90. The number of nitrogens with two attached hydrogens (primary N) is 1. The molecule has 0 heterocycles. The van der Waals surface area contributed by atoms with Gasteiger partial charge in [-0.05, 0) is 37.0 Å². The van der Waals surface area contributed by atoms with Crippen LogP contribution in [0.3, 0.4) is 0 Å². The first kappa shape index (κ1) is 16.5. The van der Waals surface area contributed by atoms with E-state index in [1.54, 1.807) is 7.11 Å². The minimum atomic E-state index is -0.342. The first-order valence-electron chi connectivity index (χ1n) is 7.05. The molecule has 0 fully saturated rings. The third kappa shape index (κ3) is 4.53. The number of aryl methyl sites for hydroxylation is 1. The lowest BCUT2D eigenvalue weighted by Gasteiger charge is -2.33. The van der Waals surface area contributed by atoms with Crippen molar-refractivity contribution in [3.8, 4) is 5.75 Å². The van der Waals surface area contributed by atoms with Gasteiger partial charge in [0.25, 0.3) is 0 Å². The Kier molecular flexibility index (Phi) is 6.02. The van der Waals surface area contributed by atoms with Crippen molar-refractivity contribution in [1.82, 2.24) is 5.32 Å². The summed E-state index contributed by atoms with van der Waals surface area (Å²) < 4.78 is 5.17. The smallest absolute Gasteiger partial charge is 0.220 e. The van der Waals surface area contributed by atoms with Crippen LogP contribution in [0.4, 0.5) is 0 Å². The van der Waals surface area contributed by atoms with E-state index in [2.05, 4.69) is 19.2 Å². The number of methoxy groups -OCH3 is 1. The molecule has 0 aliphatic rings. The lowest BCUT2D eigenvalue weighted by atomic mass is 9.88. The second-order valence-corrected chi connectivity index (χ2v) is 5.68. The van der Waals surface area contributed by atoms with Gasteiger partial charge in [-0.3, -0.25) is 4.79 Å². The topological polar surface area (TPSA) is 64.3 Å². The Labute approximate surface area is 121 Å². The van der Waals surface area contributed by atoms with Crippen molar-refractivity contribution in [3.63, 3.8) is 0 Å². The molecule has 1 amide bonds. The first-order valence-corrected chi connectivity index (χ1v) is 7.05. The molecule has 0 radical (unpaired) electrons. The molecule has 0 bridgehead atoms. The van der Waals surface area contributed by atoms with Crippen LogP contribution in [0.25, 0.3) is 0 Å². The number of hydrogen-bond donors (Lipinski definition) is 2. The van der Waals surface area contributed by atoms with Gasteiger partial charge in [-0.2, -0.15) is 0 Å². The molecule has 0 spiro atoms. The van der Waals surface area contributed by atoms with Gasteiger partial charge in [-0.25, -0.2) is 0 Å². The summed E-state index contributed by atoms with van der Waals surface area (Å²) in [5.41, 5.74) is 6.52. The van der Waals surface area contributed by atoms with Gasteiger partial charge in [0.1, 0.15) is 5.75 Å². The quantitative estimate of drug-likeness (QED) is 0.803. The Morgan fingerprint density at radius 1 is 1.45 bits per heavy atom. The maximum atomic E-state index is 12.1. The van der Waals surface area contributed by atoms with Crippen LogP contribution < -0.4 is 15.8 Å². The van der Waals surface area contributed by atoms with Crippen molar-refractivity contribution >= 4 is 5.91 Å². The summed E-state index contributed by atoms with van der Waals surface area (Å²) in [6, 6.07) is 7.79. The summed E-state index contributed by atoms with van der Waals surface area (Å²) in [6.45, 7) is 6.56. The SMILES string of the molecule is COc1cccc(CCC(=O)NC(C)(CN)C(C)C)c1. The zero-order valence-electron chi connectivity index (χ0n) is 12.9. The van der Waals surface area contributed by atoms with Crippen molar-refractivity contribution in [1.29, 1.82) is 0 Å². The Morgan fingerprint density at radius 2 is 2.15 bits per heavy atom. The largest absolute Gasteiger partial charge is 0.497 e. The Hall–Kier alpha value is -1.55. The fourth-order valence-corrected chi connectivity index (χ4v) is 1.90. The number of hydrogen-bond acceptors (Lipinski definition) is 3. The molecule has 20 heavy (non-hydrogen) atoms. The van der Waals surface area contributed by atoms with E-state index in [0.717, 1.165) is 11.3 Å². The molecule has 1 rings (SSSR count). The van der Waals surface area contributed by atoms with E-state index in [4.69, 9.17) is 10.5 Å². The summed E-state index contributed by atoms with van der Waals surface area (Å²) in [6.07, 6.45) is 1.15. The van der Waals surface area contributed by atoms with Crippen LogP contribution >= 0.6 is 0 Å². The van der Waals surface area contributed by atoms with E-state index >= 15 is 0 Å². The van der Waals surface area contributed by atoms with E-state index in [-0.39, 0.29) is 11.4 Å². The molecule has 1 aromatic rings. The average Bonchev–Trinajstić information content (AvgIpc) is 2.45. The van der Waals surface area contributed by atoms with Crippen LogP contribution in [0, 0.1) is 5.92 Å². The second kappa shape index (κ2) is 7.29. The Balaban J connectivity index is 2.54. The number of amides is 1. The maximum absolute atomic E-state index is 12.1. The predicted molar refractivity (Wildman–Crippen MR) is 81.8 cm³/mol. The summed E-state index contributed by atoms with van der Waals surface area (Å²) in [5, 5.41) is 3.05. The zero-order chi connectivity index (χ0) is 15.2. The fraction of sp³-hybridized carbons (Fsp3) is 0.562. The number of rotatable bonds is 7. The highest BCUT2D eigenvalue weighted by Gasteiger charge is 2.28. The third-order valence-electron chi connectivity index (χ3n) is 3.90. The van der Waals surface area contributed by atoms with E-state index < -0.39 is 0 Å². The van der Waals surface area contributed by atoms with Crippen LogP contribution in [0.1, 0.15) is 32.8 Å². The number of nitrogens with one attached hydrogen (secondary N) is 1. The Bertz CT molecular complexity index is 446. The van der Waals surface area contributed by atoms with E-state index in [1.165, 1.54) is 0 Å². The van der Waals surface area contributed by atoms with Gasteiger partial charge in [0, 0.05) is 13.0 Å². The lowest BCUT2D eigenvalue weighted by Crippen LogP contribution is -2.55. The minimum Gasteiger partial charge on any atom is -0.497 e. The van der Waals surface area contributed by atoms with Crippen LogP contribution in [0.5, 0.6) is 5.75 Å². The number of benzene rings is 1. The highest BCUT2D eigenvalue weighted by atomic mass is 16.5. The van der Waals surface area contributed by atoms with Gasteiger partial charge in [0.15, 0.2) is 0 Å². The van der Waals surface area contributed by atoms with Crippen LogP contribution in [-0.4, -0.2) is 25.1 Å². The third-order valence-corrected chi connectivity index (χ3v) is 3.90. The summed E-state index contributed by atoms with van der Waals surface area (Å²) in [5.74, 6) is 1.15. The van der Waals surface area contributed by atoms with Crippen molar-refractivity contribution in [2.24, 2.45) is 11.7 Å². The molecule has 1 aromatic carbocycles. The monoisotopic (exact) mass is 278 g/mol. The molecular weight excluding hydrogens is 252 g/mol. The van der Waals surface area contributed by atoms with Gasteiger partial charge in [-0.1, -0.05) is 26.0 Å². The van der Waals surface area contributed by atoms with E-state index in [0.29, 0.717) is 25.3 Å². The van der Waals surface area contributed by atoms with E-state index in [1.807, 2.05) is 31.2 Å². The first-order chi connectivity index (χ1) is 9.41. The number of carbonyl (C=O) groups excluding carboxylic acids is 1. The molecule has 4 heteroatoms. The molecule has 3 N–H and O–H groups in total. The van der Waals surface area contributed by atoms with Crippen molar-refractivity contribution < 1.29 is 9.53 Å². The molecule has 112 valence electrons. The highest BCUT2D eigenvalue weighted by Crippen LogP contribution is 2.16. The summed E-state index contributed by atoms with van der Waals surface area (Å²) >= 11 is 0. The average molecular weight is 278 g/mol. The van der Waals surface area contributed by atoms with E-state index in [9.17, 15) is 4.79 Å². The second-order valence-electron chi connectivity index (χ2n) is 5.68. The molecule has 4 nitrogen and oxygen atoms in total. The summed E-state index contributed by atoms with van der Waals surface area (Å²) in [7, 11) is 1.64. The lowest BCUT2D eigenvalue weighted by molar-refractivity contribution is -0.123. The van der Waals surface area contributed by atoms with Crippen molar-refractivity contribution in [3.05, 3.63) is 29.8 Å². The predicted octanol–water partition coefficient (Wildman–Crippen LogP) is 2.12. The molecule has 0 saturated heterocycles. The molecule has 0 aliphatic heterocycles. The van der Waals surface area contributed by atoms with Crippen LogP contribution in [0.2, 0.25) is 0 Å². The highest BCUT2D eigenvalue weighted by molar-refractivity contribution is 5.77. The van der Waals surface area contributed by atoms with Gasteiger partial charge in [-0.15, -0.1) is 0 Å². The molecule has 0 aliphatic carbocycles. The molecule has 0 saturated carbocycles. The molecule has 0 aromatic heterocycles. The number of carbonyl (C=O) groups is 1. The molecule has 1 atom stereocenters. The van der Waals surface area contributed by atoms with Crippen molar-refractivity contribution in [2.45, 2.75) is 39.2 Å². The van der Waals surface area contributed by atoms with Gasteiger partial charge >= 0.3 is 0 Å². The molecule has 1 unspecified atom stereocenters. The van der Waals surface area contributed by atoms with Crippen molar-refractivity contribution in [2.75, 3.05) is 13.7 Å². The number of ether oxygens (including phenoxy) is 1. The van der Waals surface area contributed by atoms with Gasteiger partial charge in [0.05, 0.1) is 12.6 Å². The standard InChI is InChI=1S/C16H26N2O2/c1-12(2)16(3,11-17)18-15(19)9-8-13-6-5-7-14(10-13)20-4/h5-7,10,12H,8-9,11,17H2,1-4H3,(H,18,19). The maximum Gasteiger partial charge on any atom is 0.220 e. The summed E-state index contributed by atoms with van der Waals surface area (Å²) in [4.78, 5) is 12.1.